The van der Waals surface area contributed by atoms with E-state index in [1.165, 1.54) is 12.1 Å². The Labute approximate surface area is 111 Å². The van der Waals surface area contributed by atoms with Crippen LogP contribution < -0.4 is 10.1 Å². The molecule has 0 aromatic heterocycles. The van der Waals surface area contributed by atoms with Crippen molar-refractivity contribution in [3.8, 4) is 11.5 Å². The highest BCUT2D eigenvalue weighted by Gasteiger charge is 2.09. The van der Waals surface area contributed by atoms with Crippen LogP contribution in [-0.4, -0.2) is 6.54 Å². The smallest absolute Gasteiger partial charge is 0.201 e. The molecule has 2 aromatic rings. The van der Waals surface area contributed by atoms with E-state index in [9.17, 15) is 8.78 Å². The molecule has 2 aromatic carbocycles. The summed E-state index contributed by atoms with van der Waals surface area (Å²) in [7, 11) is 0. The van der Waals surface area contributed by atoms with Gasteiger partial charge in [-0.25, -0.2) is 4.39 Å². The van der Waals surface area contributed by atoms with Crippen LogP contribution in [0.1, 0.15) is 12.5 Å². The van der Waals surface area contributed by atoms with Crippen molar-refractivity contribution in [2.24, 2.45) is 0 Å². The monoisotopic (exact) mass is 263 g/mol. The molecule has 0 bridgehead atoms. The van der Waals surface area contributed by atoms with E-state index in [-0.39, 0.29) is 5.75 Å². The first-order valence-electron chi connectivity index (χ1n) is 6.12. The topological polar surface area (TPSA) is 21.3 Å². The molecular formula is C15H15F2NO. The third kappa shape index (κ3) is 3.51. The molecule has 4 heteroatoms. The van der Waals surface area contributed by atoms with Gasteiger partial charge in [-0.1, -0.05) is 25.1 Å². The number of nitrogens with one attached hydrogen (secondary N) is 1. The minimum atomic E-state index is -0.973. The predicted molar refractivity (Wildman–Crippen MR) is 70.3 cm³/mol. The van der Waals surface area contributed by atoms with Crippen LogP contribution in [0.25, 0.3) is 0 Å². The molecule has 0 amide bonds. The molecule has 1 N–H and O–H groups in total. The van der Waals surface area contributed by atoms with E-state index < -0.39 is 11.6 Å². The molecule has 0 atom stereocenters. The number of hydrogen-bond donors (Lipinski definition) is 1. The fourth-order valence-electron chi connectivity index (χ4n) is 1.68. The van der Waals surface area contributed by atoms with Crippen molar-refractivity contribution in [2.45, 2.75) is 13.5 Å². The largest absolute Gasteiger partial charge is 0.454 e. The summed E-state index contributed by atoms with van der Waals surface area (Å²) in [6, 6.07) is 11.1. The lowest BCUT2D eigenvalue weighted by molar-refractivity contribution is 0.415. The van der Waals surface area contributed by atoms with E-state index in [0.29, 0.717) is 12.3 Å². The second kappa shape index (κ2) is 6.29. The number of halogens is 2. The zero-order valence-corrected chi connectivity index (χ0v) is 10.6. The predicted octanol–water partition coefficient (Wildman–Crippen LogP) is 3.87. The van der Waals surface area contributed by atoms with Crippen molar-refractivity contribution in [2.75, 3.05) is 6.54 Å². The van der Waals surface area contributed by atoms with Gasteiger partial charge in [0.1, 0.15) is 5.75 Å². The number of benzene rings is 2. The fourth-order valence-corrected chi connectivity index (χ4v) is 1.68. The molecule has 100 valence electrons. The first-order chi connectivity index (χ1) is 9.20. The summed E-state index contributed by atoms with van der Waals surface area (Å²) < 4.78 is 31.9. The molecule has 0 saturated carbocycles. The molecule has 19 heavy (non-hydrogen) atoms. The van der Waals surface area contributed by atoms with Crippen LogP contribution >= 0.6 is 0 Å². The maximum Gasteiger partial charge on any atom is 0.201 e. The van der Waals surface area contributed by atoms with Gasteiger partial charge in [0, 0.05) is 6.54 Å². The van der Waals surface area contributed by atoms with Gasteiger partial charge in [0.05, 0.1) is 0 Å². The molecule has 0 radical (unpaired) electrons. The van der Waals surface area contributed by atoms with E-state index in [4.69, 9.17) is 4.74 Å². The highest BCUT2D eigenvalue weighted by atomic mass is 19.2. The third-order valence-electron chi connectivity index (χ3n) is 2.62. The number of hydrogen-bond acceptors (Lipinski definition) is 2. The van der Waals surface area contributed by atoms with E-state index in [0.717, 1.165) is 18.2 Å². The van der Waals surface area contributed by atoms with Crippen molar-refractivity contribution < 1.29 is 13.5 Å². The zero-order chi connectivity index (χ0) is 13.7. The van der Waals surface area contributed by atoms with Crippen molar-refractivity contribution in [1.82, 2.24) is 5.32 Å². The summed E-state index contributed by atoms with van der Waals surface area (Å²) >= 11 is 0. The lowest BCUT2D eigenvalue weighted by atomic mass is 10.2. The molecule has 0 spiro atoms. The Morgan fingerprint density at radius 2 is 1.89 bits per heavy atom. The van der Waals surface area contributed by atoms with Gasteiger partial charge in [0.15, 0.2) is 11.6 Å². The SMILES string of the molecule is CCNCc1cccc(Oc2cccc(F)c2F)c1. The van der Waals surface area contributed by atoms with Crippen molar-refractivity contribution in [3.63, 3.8) is 0 Å². The number of ether oxygens (including phenoxy) is 1. The molecule has 0 heterocycles. The highest BCUT2D eigenvalue weighted by molar-refractivity contribution is 5.35. The van der Waals surface area contributed by atoms with Gasteiger partial charge >= 0.3 is 0 Å². The minimum Gasteiger partial charge on any atom is -0.454 e. The van der Waals surface area contributed by atoms with Crippen molar-refractivity contribution in [3.05, 3.63) is 59.7 Å². The van der Waals surface area contributed by atoms with Crippen LogP contribution in [0.15, 0.2) is 42.5 Å². The third-order valence-corrected chi connectivity index (χ3v) is 2.62. The average molecular weight is 263 g/mol. The highest BCUT2D eigenvalue weighted by Crippen LogP contribution is 2.26. The summed E-state index contributed by atoms with van der Waals surface area (Å²) in [6.07, 6.45) is 0. The lowest BCUT2D eigenvalue weighted by Crippen LogP contribution is -2.11. The van der Waals surface area contributed by atoms with Crippen molar-refractivity contribution in [1.29, 1.82) is 0 Å². The molecule has 0 aliphatic carbocycles. The van der Waals surface area contributed by atoms with Crippen LogP contribution in [0, 0.1) is 11.6 Å². The van der Waals surface area contributed by atoms with E-state index in [1.807, 2.05) is 19.1 Å². The maximum atomic E-state index is 13.5. The molecule has 0 unspecified atom stereocenters. The first kappa shape index (κ1) is 13.5. The van der Waals surface area contributed by atoms with Gasteiger partial charge in [-0.15, -0.1) is 0 Å². The van der Waals surface area contributed by atoms with Crippen LogP contribution in [0.2, 0.25) is 0 Å². The van der Waals surface area contributed by atoms with Gasteiger partial charge in [-0.2, -0.15) is 4.39 Å². The number of rotatable bonds is 5. The lowest BCUT2D eigenvalue weighted by Gasteiger charge is -2.09. The molecule has 0 fully saturated rings. The summed E-state index contributed by atoms with van der Waals surface area (Å²) in [4.78, 5) is 0. The molecule has 0 aliphatic heterocycles. The average Bonchev–Trinajstić information content (AvgIpc) is 2.42. The Hall–Kier alpha value is -1.94. The second-order valence-corrected chi connectivity index (χ2v) is 4.08. The quantitative estimate of drug-likeness (QED) is 0.884. The fraction of sp³-hybridized carbons (Fsp3) is 0.200. The Morgan fingerprint density at radius 1 is 1.11 bits per heavy atom. The van der Waals surface area contributed by atoms with Crippen LogP contribution in [0.4, 0.5) is 8.78 Å². The molecule has 0 saturated heterocycles. The Morgan fingerprint density at radius 3 is 2.68 bits per heavy atom. The van der Waals surface area contributed by atoms with Gasteiger partial charge in [-0.3, -0.25) is 0 Å². The van der Waals surface area contributed by atoms with Gasteiger partial charge < -0.3 is 10.1 Å². The molecular weight excluding hydrogens is 248 g/mol. The summed E-state index contributed by atoms with van der Waals surface area (Å²) in [5, 5.41) is 3.19. The maximum absolute atomic E-state index is 13.5. The second-order valence-electron chi connectivity index (χ2n) is 4.08. The molecule has 2 nitrogen and oxygen atoms in total. The molecule has 2 rings (SSSR count). The van der Waals surface area contributed by atoms with E-state index >= 15 is 0 Å². The first-order valence-corrected chi connectivity index (χ1v) is 6.12. The normalized spacial score (nSPS) is 10.5. The standard InChI is InChI=1S/C15H15F2NO/c1-2-18-10-11-5-3-6-12(9-11)19-14-8-4-7-13(16)15(14)17/h3-9,18H,2,10H2,1H3. The Bertz CT molecular complexity index is 558. The van der Waals surface area contributed by atoms with Gasteiger partial charge in [-0.05, 0) is 36.4 Å². The molecule has 0 aliphatic rings. The zero-order valence-electron chi connectivity index (χ0n) is 10.6. The van der Waals surface area contributed by atoms with Crippen LogP contribution in [-0.2, 0) is 6.54 Å². The Kier molecular flexibility index (Phi) is 4.47. The van der Waals surface area contributed by atoms with E-state index in [2.05, 4.69) is 5.32 Å². The van der Waals surface area contributed by atoms with Gasteiger partial charge in [0.25, 0.3) is 0 Å². The van der Waals surface area contributed by atoms with E-state index in [1.54, 1.807) is 12.1 Å². The summed E-state index contributed by atoms with van der Waals surface area (Å²) in [6.45, 7) is 3.59. The van der Waals surface area contributed by atoms with Crippen molar-refractivity contribution >= 4 is 0 Å². The minimum absolute atomic E-state index is 0.111. The summed E-state index contributed by atoms with van der Waals surface area (Å²) in [5.74, 6) is -1.51. The Balaban J connectivity index is 2.16. The van der Waals surface area contributed by atoms with Gasteiger partial charge in [0.2, 0.25) is 5.82 Å². The summed E-state index contributed by atoms with van der Waals surface area (Å²) in [5.41, 5.74) is 1.02. The van der Waals surface area contributed by atoms with Crippen LogP contribution in [0.5, 0.6) is 11.5 Å². The van der Waals surface area contributed by atoms with Crippen LogP contribution in [0.3, 0.4) is 0 Å².